The molecule has 0 spiro atoms. The summed E-state index contributed by atoms with van der Waals surface area (Å²) in [5.74, 6) is 0.280. The Morgan fingerprint density at radius 3 is 3.00 bits per heavy atom. The topological polar surface area (TPSA) is 39.1 Å². The van der Waals surface area contributed by atoms with Crippen LogP contribution in [0.5, 0.6) is 5.75 Å². The van der Waals surface area contributed by atoms with Gasteiger partial charge in [0.1, 0.15) is 11.6 Å². The van der Waals surface area contributed by atoms with E-state index in [4.69, 9.17) is 4.74 Å². The van der Waals surface area contributed by atoms with Crippen LogP contribution in [0, 0.1) is 5.82 Å². The van der Waals surface area contributed by atoms with E-state index in [1.807, 2.05) is 10.8 Å². The molecule has 106 valence electrons. The Balaban J connectivity index is 1.64. The number of nitrogens with zero attached hydrogens (tertiary/aromatic N) is 2. The van der Waals surface area contributed by atoms with Crippen LogP contribution in [0.25, 0.3) is 0 Å². The molecule has 1 aliphatic carbocycles. The standard InChI is InChI=1S/C15H18FN3O/c1-20-14-5-2-11(15(16)6-14)8-19-9-13(18-10-19)7-17-12-3-4-12/h2,5-6,9-10,12,17H,3-4,7-8H2,1H3. The van der Waals surface area contributed by atoms with Gasteiger partial charge in [-0.2, -0.15) is 0 Å². The van der Waals surface area contributed by atoms with E-state index in [-0.39, 0.29) is 5.82 Å². The van der Waals surface area contributed by atoms with Crippen LogP contribution in [-0.4, -0.2) is 22.7 Å². The largest absolute Gasteiger partial charge is 0.497 e. The summed E-state index contributed by atoms with van der Waals surface area (Å²) in [5, 5.41) is 3.41. The molecule has 1 N–H and O–H groups in total. The lowest BCUT2D eigenvalue weighted by molar-refractivity contribution is 0.410. The first kappa shape index (κ1) is 13.1. The highest BCUT2D eigenvalue weighted by molar-refractivity contribution is 5.29. The zero-order valence-electron chi connectivity index (χ0n) is 11.5. The Bertz CT molecular complexity index is 593. The number of ether oxygens (including phenoxy) is 1. The van der Waals surface area contributed by atoms with Crippen LogP contribution in [0.15, 0.2) is 30.7 Å². The normalized spacial score (nSPS) is 14.5. The van der Waals surface area contributed by atoms with Crippen LogP contribution < -0.4 is 10.1 Å². The second-order valence-electron chi connectivity index (χ2n) is 5.15. The van der Waals surface area contributed by atoms with Gasteiger partial charge < -0.3 is 14.6 Å². The number of methoxy groups -OCH3 is 1. The van der Waals surface area contributed by atoms with Crippen LogP contribution in [0.1, 0.15) is 24.1 Å². The Morgan fingerprint density at radius 2 is 2.30 bits per heavy atom. The van der Waals surface area contributed by atoms with E-state index in [1.165, 1.54) is 26.0 Å². The second kappa shape index (κ2) is 5.63. The van der Waals surface area contributed by atoms with Crippen LogP contribution >= 0.6 is 0 Å². The average Bonchev–Trinajstić information content (AvgIpc) is 3.18. The average molecular weight is 275 g/mol. The molecule has 0 saturated heterocycles. The summed E-state index contributed by atoms with van der Waals surface area (Å²) in [5.41, 5.74) is 1.62. The maximum Gasteiger partial charge on any atom is 0.131 e. The summed E-state index contributed by atoms with van der Waals surface area (Å²) in [6, 6.07) is 5.59. The molecule has 20 heavy (non-hydrogen) atoms. The van der Waals surface area contributed by atoms with Crippen molar-refractivity contribution in [2.45, 2.75) is 32.0 Å². The Morgan fingerprint density at radius 1 is 1.45 bits per heavy atom. The van der Waals surface area contributed by atoms with Crippen LogP contribution in [-0.2, 0) is 13.1 Å². The van der Waals surface area contributed by atoms with Crippen molar-refractivity contribution in [3.8, 4) is 5.75 Å². The molecule has 0 bridgehead atoms. The van der Waals surface area contributed by atoms with Gasteiger partial charge in [0.25, 0.3) is 0 Å². The summed E-state index contributed by atoms with van der Waals surface area (Å²) in [6.45, 7) is 1.26. The third kappa shape index (κ3) is 3.17. The maximum absolute atomic E-state index is 13.9. The molecule has 1 saturated carbocycles. The van der Waals surface area contributed by atoms with Crippen LogP contribution in [0.4, 0.5) is 4.39 Å². The van der Waals surface area contributed by atoms with E-state index in [1.54, 1.807) is 18.5 Å². The molecule has 3 rings (SSSR count). The minimum atomic E-state index is -0.254. The summed E-state index contributed by atoms with van der Waals surface area (Å²) in [4.78, 5) is 4.33. The summed E-state index contributed by atoms with van der Waals surface area (Å²) in [6.07, 6.45) is 6.22. The molecule has 2 aromatic rings. The lowest BCUT2D eigenvalue weighted by Crippen LogP contribution is -2.15. The third-order valence-electron chi connectivity index (χ3n) is 3.45. The summed E-state index contributed by atoms with van der Waals surface area (Å²) >= 11 is 0. The molecule has 0 radical (unpaired) electrons. The minimum Gasteiger partial charge on any atom is -0.497 e. The predicted molar refractivity (Wildman–Crippen MR) is 74.1 cm³/mol. The fourth-order valence-electron chi connectivity index (χ4n) is 2.10. The number of hydrogen-bond acceptors (Lipinski definition) is 3. The molecule has 0 atom stereocenters. The second-order valence-corrected chi connectivity index (χ2v) is 5.15. The lowest BCUT2D eigenvalue weighted by atomic mass is 10.2. The third-order valence-corrected chi connectivity index (χ3v) is 3.45. The number of rotatable bonds is 6. The molecule has 1 aliphatic rings. The highest BCUT2D eigenvalue weighted by Crippen LogP contribution is 2.19. The SMILES string of the molecule is COc1ccc(Cn2cnc(CNC3CC3)c2)c(F)c1. The number of nitrogens with one attached hydrogen (secondary N) is 1. The first-order valence-electron chi connectivity index (χ1n) is 6.81. The van der Waals surface area contributed by atoms with Crippen LogP contribution in [0.3, 0.4) is 0 Å². The highest BCUT2D eigenvalue weighted by atomic mass is 19.1. The molecular weight excluding hydrogens is 257 g/mol. The van der Waals surface area contributed by atoms with Gasteiger partial charge in [0, 0.05) is 30.4 Å². The van der Waals surface area contributed by atoms with Crippen molar-refractivity contribution >= 4 is 0 Å². The van der Waals surface area contributed by atoms with Gasteiger partial charge in [0.05, 0.1) is 25.7 Å². The molecular formula is C15H18FN3O. The number of aromatic nitrogens is 2. The van der Waals surface area contributed by atoms with Gasteiger partial charge in [-0.25, -0.2) is 9.37 Å². The van der Waals surface area contributed by atoms with Crippen molar-refractivity contribution in [3.63, 3.8) is 0 Å². The molecule has 5 heteroatoms. The van der Waals surface area contributed by atoms with Gasteiger partial charge in [-0.15, -0.1) is 0 Å². The molecule has 0 amide bonds. The summed E-state index contributed by atoms with van der Waals surface area (Å²) in [7, 11) is 1.53. The van der Waals surface area contributed by atoms with Crippen molar-refractivity contribution in [3.05, 3.63) is 47.8 Å². The fraction of sp³-hybridized carbons (Fsp3) is 0.400. The summed E-state index contributed by atoms with van der Waals surface area (Å²) < 4.78 is 20.8. The monoisotopic (exact) mass is 275 g/mol. The van der Waals surface area contributed by atoms with E-state index in [0.29, 0.717) is 23.9 Å². The molecule has 1 aromatic heterocycles. The van der Waals surface area contributed by atoms with Crippen LogP contribution in [0.2, 0.25) is 0 Å². The van der Waals surface area contributed by atoms with Crippen molar-refractivity contribution in [2.24, 2.45) is 0 Å². The van der Waals surface area contributed by atoms with E-state index in [9.17, 15) is 4.39 Å². The predicted octanol–water partition coefficient (Wildman–Crippen LogP) is 2.33. The minimum absolute atomic E-state index is 0.254. The van der Waals surface area contributed by atoms with E-state index >= 15 is 0 Å². The van der Waals surface area contributed by atoms with Crippen molar-refractivity contribution in [2.75, 3.05) is 7.11 Å². The van der Waals surface area contributed by atoms with Gasteiger partial charge in [0.15, 0.2) is 0 Å². The number of hydrogen-bond donors (Lipinski definition) is 1. The Labute approximate surface area is 117 Å². The van der Waals surface area contributed by atoms with E-state index in [2.05, 4.69) is 10.3 Å². The molecule has 4 nitrogen and oxygen atoms in total. The fourth-order valence-corrected chi connectivity index (χ4v) is 2.10. The van der Waals surface area contributed by atoms with Crippen molar-refractivity contribution < 1.29 is 9.13 Å². The molecule has 1 heterocycles. The molecule has 1 fully saturated rings. The highest BCUT2D eigenvalue weighted by Gasteiger charge is 2.20. The Hall–Kier alpha value is -1.88. The van der Waals surface area contributed by atoms with Gasteiger partial charge in [-0.3, -0.25) is 0 Å². The molecule has 1 aromatic carbocycles. The number of halogens is 1. The van der Waals surface area contributed by atoms with Gasteiger partial charge in [0.2, 0.25) is 0 Å². The van der Waals surface area contributed by atoms with E-state index < -0.39 is 0 Å². The quantitative estimate of drug-likeness (QED) is 0.879. The van der Waals surface area contributed by atoms with Crippen molar-refractivity contribution in [1.82, 2.24) is 14.9 Å². The zero-order valence-corrected chi connectivity index (χ0v) is 11.5. The van der Waals surface area contributed by atoms with Crippen molar-refractivity contribution in [1.29, 1.82) is 0 Å². The zero-order chi connectivity index (χ0) is 13.9. The molecule has 0 aliphatic heterocycles. The van der Waals surface area contributed by atoms with Gasteiger partial charge in [-0.05, 0) is 18.9 Å². The smallest absolute Gasteiger partial charge is 0.131 e. The number of benzene rings is 1. The number of imidazole rings is 1. The lowest BCUT2D eigenvalue weighted by Gasteiger charge is -2.06. The van der Waals surface area contributed by atoms with Gasteiger partial charge in [-0.1, -0.05) is 6.07 Å². The van der Waals surface area contributed by atoms with Gasteiger partial charge >= 0.3 is 0 Å². The molecule has 0 unspecified atom stereocenters. The van der Waals surface area contributed by atoms with E-state index in [0.717, 1.165) is 12.2 Å². The Kier molecular flexibility index (Phi) is 3.69. The first-order valence-corrected chi connectivity index (χ1v) is 6.81. The first-order chi connectivity index (χ1) is 9.74. The maximum atomic E-state index is 13.9.